The highest BCUT2D eigenvalue weighted by molar-refractivity contribution is 9.10. The summed E-state index contributed by atoms with van der Waals surface area (Å²) in [7, 11) is 0. The lowest BCUT2D eigenvalue weighted by Gasteiger charge is -2.05. The van der Waals surface area contributed by atoms with Gasteiger partial charge in [-0.1, -0.05) is 28.1 Å². The highest BCUT2D eigenvalue weighted by Crippen LogP contribution is 2.20. The number of nitriles is 1. The van der Waals surface area contributed by atoms with Gasteiger partial charge in [0.05, 0.1) is 11.3 Å². The molecule has 0 aliphatic heterocycles. The molecular formula is C11H12BrN3. The first-order valence-corrected chi connectivity index (χ1v) is 5.36. The van der Waals surface area contributed by atoms with E-state index in [0.29, 0.717) is 18.7 Å². The Bertz CT molecular complexity index is 393. The molecule has 0 amide bonds. The van der Waals surface area contributed by atoms with E-state index >= 15 is 0 Å². The van der Waals surface area contributed by atoms with Crippen LogP contribution in [0, 0.1) is 11.3 Å². The molecule has 0 heterocycles. The summed E-state index contributed by atoms with van der Waals surface area (Å²) in [5, 5.41) is 12.0. The Labute approximate surface area is 97.7 Å². The fourth-order valence-electron chi connectivity index (χ4n) is 1.11. The maximum Gasteiger partial charge on any atom is 0.101 e. The molecule has 0 aromatic heterocycles. The summed E-state index contributed by atoms with van der Waals surface area (Å²) in [4.78, 5) is 0. The SMILES string of the molecule is N#Cc1ccc(Br)cc1NC/C=C/CN. The van der Waals surface area contributed by atoms with Crippen molar-refractivity contribution in [3.63, 3.8) is 0 Å². The van der Waals surface area contributed by atoms with E-state index in [4.69, 9.17) is 11.0 Å². The van der Waals surface area contributed by atoms with E-state index in [9.17, 15) is 0 Å². The maximum absolute atomic E-state index is 8.87. The second-order valence-electron chi connectivity index (χ2n) is 2.89. The highest BCUT2D eigenvalue weighted by atomic mass is 79.9. The van der Waals surface area contributed by atoms with Crippen molar-refractivity contribution in [1.82, 2.24) is 0 Å². The van der Waals surface area contributed by atoms with E-state index in [0.717, 1.165) is 10.2 Å². The molecule has 3 N–H and O–H groups in total. The van der Waals surface area contributed by atoms with Crippen LogP contribution in [0.4, 0.5) is 5.69 Å². The molecule has 0 aliphatic carbocycles. The highest BCUT2D eigenvalue weighted by Gasteiger charge is 2.00. The van der Waals surface area contributed by atoms with Gasteiger partial charge in [-0.15, -0.1) is 0 Å². The number of hydrogen-bond donors (Lipinski definition) is 2. The van der Waals surface area contributed by atoms with E-state index in [1.165, 1.54) is 0 Å². The zero-order valence-electron chi connectivity index (χ0n) is 8.20. The summed E-state index contributed by atoms with van der Waals surface area (Å²) in [6.45, 7) is 1.20. The van der Waals surface area contributed by atoms with Crippen molar-refractivity contribution >= 4 is 21.6 Å². The third-order valence-electron chi connectivity index (χ3n) is 1.82. The molecule has 0 spiro atoms. The molecule has 0 aliphatic rings. The van der Waals surface area contributed by atoms with Gasteiger partial charge < -0.3 is 11.1 Å². The van der Waals surface area contributed by atoms with Gasteiger partial charge in [-0.25, -0.2) is 0 Å². The van der Waals surface area contributed by atoms with Crippen LogP contribution in [0.5, 0.6) is 0 Å². The topological polar surface area (TPSA) is 61.8 Å². The lowest BCUT2D eigenvalue weighted by atomic mass is 10.2. The minimum atomic E-state index is 0.533. The third-order valence-corrected chi connectivity index (χ3v) is 2.31. The van der Waals surface area contributed by atoms with Crippen LogP contribution in [-0.2, 0) is 0 Å². The van der Waals surface area contributed by atoms with E-state index in [2.05, 4.69) is 27.3 Å². The van der Waals surface area contributed by atoms with Crippen molar-refractivity contribution in [3.8, 4) is 6.07 Å². The van der Waals surface area contributed by atoms with Gasteiger partial charge in [0, 0.05) is 17.6 Å². The predicted octanol–water partition coefficient (Wildman–Crippen LogP) is 2.25. The van der Waals surface area contributed by atoms with Crippen LogP contribution in [0.2, 0.25) is 0 Å². The van der Waals surface area contributed by atoms with Gasteiger partial charge in [0.25, 0.3) is 0 Å². The molecule has 4 heteroatoms. The molecule has 1 aromatic rings. The number of halogens is 1. The maximum atomic E-state index is 8.87. The Morgan fingerprint density at radius 1 is 1.47 bits per heavy atom. The first-order valence-electron chi connectivity index (χ1n) is 4.56. The van der Waals surface area contributed by atoms with Gasteiger partial charge in [0.2, 0.25) is 0 Å². The van der Waals surface area contributed by atoms with Gasteiger partial charge in [0.1, 0.15) is 6.07 Å². The van der Waals surface area contributed by atoms with E-state index in [1.54, 1.807) is 6.07 Å². The summed E-state index contributed by atoms with van der Waals surface area (Å²) in [6, 6.07) is 7.64. The Hall–Kier alpha value is -1.31. The van der Waals surface area contributed by atoms with Gasteiger partial charge in [-0.05, 0) is 18.2 Å². The molecule has 1 aromatic carbocycles. The number of anilines is 1. The molecule has 0 saturated heterocycles. The molecule has 0 radical (unpaired) electrons. The number of benzene rings is 1. The first kappa shape index (κ1) is 11.8. The fraction of sp³-hybridized carbons (Fsp3) is 0.182. The molecule has 3 nitrogen and oxygen atoms in total. The lowest BCUT2D eigenvalue weighted by Crippen LogP contribution is -2.01. The van der Waals surface area contributed by atoms with Crippen LogP contribution < -0.4 is 11.1 Å². The summed E-state index contributed by atoms with van der Waals surface area (Å²) < 4.78 is 0.951. The van der Waals surface area contributed by atoms with Crippen molar-refractivity contribution in [1.29, 1.82) is 5.26 Å². The number of nitrogens with zero attached hydrogens (tertiary/aromatic N) is 1. The largest absolute Gasteiger partial charge is 0.380 e. The van der Waals surface area contributed by atoms with Crippen molar-refractivity contribution < 1.29 is 0 Å². The molecule has 0 saturated carbocycles. The zero-order chi connectivity index (χ0) is 11.1. The number of nitrogens with one attached hydrogen (secondary N) is 1. The Morgan fingerprint density at radius 2 is 2.27 bits per heavy atom. The quantitative estimate of drug-likeness (QED) is 0.821. The minimum absolute atomic E-state index is 0.533. The van der Waals surface area contributed by atoms with Crippen LogP contribution in [0.25, 0.3) is 0 Å². The summed E-state index contributed by atoms with van der Waals surface area (Å²) in [5.74, 6) is 0. The first-order chi connectivity index (χ1) is 7.27. The van der Waals surface area contributed by atoms with Crippen LogP contribution in [-0.4, -0.2) is 13.1 Å². The monoisotopic (exact) mass is 265 g/mol. The van der Waals surface area contributed by atoms with Crippen molar-refractivity contribution in [2.24, 2.45) is 5.73 Å². The minimum Gasteiger partial charge on any atom is -0.380 e. The van der Waals surface area contributed by atoms with E-state index < -0.39 is 0 Å². The van der Waals surface area contributed by atoms with E-state index in [1.807, 2.05) is 24.3 Å². The second kappa shape index (κ2) is 6.23. The van der Waals surface area contributed by atoms with Gasteiger partial charge in [0.15, 0.2) is 0 Å². The van der Waals surface area contributed by atoms with Crippen molar-refractivity contribution in [2.45, 2.75) is 0 Å². The zero-order valence-corrected chi connectivity index (χ0v) is 9.79. The molecule has 0 bridgehead atoms. The average Bonchev–Trinajstić information content (AvgIpc) is 2.25. The smallest absolute Gasteiger partial charge is 0.101 e. The Kier molecular flexibility index (Phi) is 4.88. The van der Waals surface area contributed by atoms with Crippen LogP contribution in [0.15, 0.2) is 34.8 Å². The van der Waals surface area contributed by atoms with Gasteiger partial charge in [-0.2, -0.15) is 5.26 Å². The molecule has 78 valence electrons. The van der Waals surface area contributed by atoms with Crippen molar-refractivity contribution in [3.05, 3.63) is 40.4 Å². The van der Waals surface area contributed by atoms with Crippen molar-refractivity contribution in [2.75, 3.05) is 18.4 Å². The van der Waals surface area contributed by atoms with Gasteiger partial charge in [-0.3, -0.25) is 0 Å². The second-order valence-corrected chi connectivity index (χ2v) is 3.81. The molecule has 1 rings (SSSR count). The Balaban J connectivity index is 2.71. The van der Waals surface area contributed by atoms with E-state index in [-0.39, 0.29) is 0 Å². The summed E-state index contributed by atoms with van der Waals surface area (Å²) in [5.41, 5.74) is 6.78. The van der Waals surface area contributed by atoms with Gasteiger partial charge >= 0.3 is 0 Å². The fourth-order valence-corrected chi connectivity index (χ4v) is 1.47. The average molecular weight is 266 g/mol. The summed E-state index contributed by atoms with van der Waals surface area (Å²) >= 11 is 3.36. The number of rotatable bonds is 4. The molecular weight excluding hydrogens is 254 g/mol. The normalized spacial score (nSPS) is 10.2. The molecule has 15 heavy (non-hydrogen) atoms. The molecule has 0 atom stereocenters. The lowest BCUT2D eigenvalue weighted by molar-refractivity contribution is 1.22. The van der Waals surface area contributed by atoms with Crippen LogP contribution in [0.1, 0.15) is 5.56 Å². The molecule has 0 fully saturated rings. The number of nitrogens with two attached hydrogens (primary N) is 1. The summed E-state index contributed by atoms with van der Waals surface area (Å²) in [6.07, 6.45) is 3.80. The Morgan fingerprint density at radius 3 is 2.93 bits per heavy atom. The standard InChI is InChI=1S/C11H12BrN3/c12-10-4-3-9(8-14)11(7-10)15-6-2-1-5-13/h1-4,7,15H,5-6,13H2/b2-1+. The third kappa shape index (κ3) is 3.74. The molecule has 0 unspecified atom stereocenters. The van der Waals surface area contributed by atoms with Crippen LogP contribution in [0.3, 0.4) is 0 Å². The number of hydrogen-bond acceptors (Lipinski definition) is 3. The predicted molar refractivity (Wildman–Crippen MR) is 65.5 cm³/mol. The van der Waals surface area contributed by atoms with Crippen LogP contribution >= 0.6 is 15.9 Å².